The van der Waals surface area contributed by atoms with Crippen molar-refractivity contribution in [1.29, 1.82) is 5.26 Å². The molecule has 0 aliphatic rings. The number of halogens is 1. The normalized spacial score (nSPS) is 11.2. The monoisotopic (exact) mass is 400 g/mol. The Morgan fingerprint density at radius 2 is 1.62 bits per heavy atom. The number of nitrogens with zero attached hydrogens (tertiary/aromatic N) is 2. The Labute approximate surface area is 149 Å². The lowest BCUT2D eigenvalue weighted by Crippen LogP contribution is -2.14. The first kappa shape index (κ1) is 16.5. The fourth-order valence-corrected chi connectivity index (χ4v) is 3.98. The number of benzene rings is 2. The van der Waals surface area contributed by atoms with E-state index in [9.17, 15) is 13.7 Å². The molecule has 0 aliphatic carbocycles. The lowest BCUT2D eigenvalue weighted by Gasteiger charge is -2.08. The molecule has 6 heteroatoms. The van der Waals surface area contributed by atoms with Gasteiger partial charge in [0.25, 0.3) is 10.0 Å². The first-order chi connectivity index (χ1) is 11.4. The Morgan fingerprint density at radius 1 is 1.00 bits per heavy atom. The zero-order chi connectivity index (χ0) is 17.3. The van der Waals surface area contributed by atoms with Crippen LogP contribution in [0.1, 0.15) is 11.3 Å². The van der Waals surface area contributed by atoms with Gasteiger partial charge >= 0.3 is 0 Å². The molecule has 0 aliphatic heterocycles. The lowest BCUT2D eigenvalue weighted by atomic mass is 10.1. The van der Waals surface area contributed by atoms with E-state index in [1.807, 2.05) is 37.3 Å². The summed E-state index contributed by atoms with van der Waals surface area (Å²) in [5.74, 6) is 0. The average Bonchev–Trinajstić information content (AvgIpc) is 3.00. The van der Waals surface area contributed by atoms with Crippen LogP contribution in [0.3, 0.4) is 0 Å². The summed E-state index contributed by atoms with van der Waals surface area (Å²) >= 11 is 3.36. The van der Waals surface area contributed by atoms with Crippen LogP contribution in [0, 0.1) is 18.3 Å². The number of aryl methyl sites for hydroxylation is 1. The van der Waals surface area contributed by atoms with Crippen molar-refractivity contribution >= 4 is 26.0 Å². The maximum atomic E-state index is 12.8. The number of hydrogen-bond donors (Lipinski definition) is 0. The third-order valence-electron chi connectivity index (χ3n) is 3.69. The minimum Gasteiger partial charge on any atom is -0.231 e. The van der Waals surface area contributed by atoms with Gasteiger partial charge in [-0.25, -0.2) is 12.4 Å². The Hall–Kier alpha value is -2.36. The van der Waals surface area contributed by atoms with Gasteiger partial charge in [0, 0.05) is 16.2 Å². The van der Waals surface area contributed by atoms with E-state index in [-0.39, 0.29) is 10.6 Å². The maximum Gasteiger partial charge on any atom is 0.268 e. The maximum absolute atomic E-state index is 12.8. The predicted molar refractivity (Wildman–Crippen MR) is 96.0 cm³/mol. The first-order valence-electron chi connectivity index (χ1n) is 7.13. The van der Waals surface area contributed by atoms with Crippen molar-refractivity contribution in [3.05, 3.63) is 76.5 Å². The van der Waals surface area contributed by atoms with Crippen LogP contribution in [-0.2, 0) is 10.0 Å². The van der Waals surface area contributed by atoms with Crippen molar-refractivity contribution in [2.45, 2.75) is 11.8 Å². The van der Waals surface area contributed by atoms with Crippen LogP contribution < -0.4 is 0 Å². The molecule has 3 aromatic rings. The molecule has 1 aromatic heterocycles. The van der Waals surface area contributed by atoms with E-state index in [4.69, 9.17) is 0 Å². The SMILES string of the molecule is Cc1ccc(S(=O)(=O)n2ccc(-c3ccc(Br)cc3)c2C#N)cc1. The van der Waals surface area contributed by atoms with Crippen molar-refractivity contribution in [3.63, 3.8) is 0 Å². The molecule has 0 radical (unpaired) electrons. The molecule has 4 nitrogen and oxygen atoms in total. The smallest absolute Gasteiger partial charge is 0.231 e. The van der Waals surface area contributed by atoms with Crippen LogP contribution in [-0.4, -0.2) is 12.4 Å². The molecule has 1 heterocycles. The average molecular weight is 401 g/mol. The third-order valence-corrected chi connectivity index (χ3v) is 5.91. The lowest BCUT2D eigenvalue weighted by molar-refractivity contribution is 0.587. The standard InChI is InChI=1S/C18H13BrN2O2S/c1-13-2-8-16(9-3-13)24(22,23)21-11-10-17(18(21)12-20)14-4-6-15(19)7-5-14/h2-11H,1H3. The number of rotatable bonds is 3. The van der Waals surface area contributed by atoms with Crippen LogP contribution in [0.25, 0.3) is 11.1 Å². The van der Waals surface area contributed by atoms with Crippen LogP contribution in [0.15, 0.2) is 70.2 Å². The summed E-state index contributed by atoms with van der Waals surface area (Å²) < 4.78 is 27.6. The largest absolute Gasteiger partial charge is 0.268 e. The molecule has 0 fully saturated rings. The number of nitriles is 1. The van der Waals surface area contributed by atoms with Gasteiger partial charge in [-0.15, -0.1) is 0 Å². The minimum atomic E-state index is -3.81. The van der Waals surface area contributed by atoms with Gasteiger partial charge in [0.05, 0.1) is 4.90 Å². The zero-order valence-corrected chi connectivity index (χ0v) is 15.2. The second kappa shape index (κ2) is 6.27. The van der Waals surface area contributed by atoms with Gasteiger partial charge in [0.15, 0.2) is 0 Å². The Morgan fingerprint density at radius 3 is 2.21 bits per heavy atom. The number of aromatic nitrogens is 1. The molecule has 0 saturated heterocycles. The Kier molecular flexibility index (Phi) is 4.31. The molecule has 120 valence electrons. The van der Waals surface area contributed by atoms with E-state index in [1.165, 1.54) is 6.20 Å². The topological polar surface area (TPSA) is 62.9 Å². The first-order valence-corrected chi connectivity index (χ1v) is 9.36. The Bertz CT molecular complexity index is 1030. The van der Waals surface area contributed by atoms with Gasteiger partial charge in [-0.2, -0.15) is 5.26 Å². The van der Waals surface area contributed by atoms with Crippen molar-refractivity contribution in [2.24, 2.45) is 0 Å². The quantitative estimate of drug-likeness (QED) is 0.656. The summed E-state index contributed by atoms with van der Waals surface area (Å²) in [5.41, 5.74) is 2.43. The second-order valence-electron chi connectivity index (χ2n) is 5.31. The molecular weight excluding hydrogens is 388 g/mol. The molecule has 0 unspecified atom stereocenters. The third kappa shape index (κ3) is 2.88. The highest BCUT2D eigenvalue weighted by Crippen LogP contribution is 2.28. The summed E-state index contributed by atoms with van der Waals surface area (Å²) in [5, 5.41) is 9.51. The molecule has 0 amide bonds. The summed E-state index contributed by atoms with van der Waals surface area (Å²) in [6, 6.07) is 17.6. The van der Waals surface area contributed by atoms with E-state index in [2.05, 4.69) is 15.9 Å². The van der Waals surface area contributed by atoms with Crippen molar-refractivity contribution in [2.75, 3.05) is 0 Å². The number of hydrogen-bond acceptors (Lipinski definition) is 3. The fourth-order valence-electron chi connectivity index (χ4n) is 2.41. The minimum absolute atomic E-state index is 0.0953. The van der Waals surface area contributed by atoms with Crippen LogP contribution in [0.4, 0.5) is 0 Å². The van der Waals surface area contributed by atoms with E-state index < -0.39 is 10.0 Å². The van der Waals surface area contributed by atoms with E-state index in [1.54, 1.807) is 30.3 Å². The van der Waals surface area contributed by atoms with E-state index >= 15 is 0 Å². The van der Waals surface area contributed by atoms with Crippen LogP contribution >= 0.6 is 15.9 Å². The van der Waals surface area contributed by atoms with Gasteiger partial charge < -0.3 is 0 Å². The molecule has 2 aromatic carbocycles. The molecule has 0 N–H and O–H groups in total. The van der Waals surface area contributed by atoms with Gasteiger partial charge in [-0.3, -0.25) is 0 Å². The van der Waals surface area contributed by atoms with Gasteiger partial charge in [0.1, 0.15) is 11.8 Å². The molecule has 3 rings (SSSR count). The van der Waals surface area contributed by atoms with Crippen molar-refractivity contribution in [1.82, 2.24) is 3.97 Å². The molecule has 0 saturated carbocycles. The molecule has 0 bridgehead atoms. The summed E-state index contributed by atoms with van der Waals surface area (Å²) in [4.78, 5) is 0.155. The van der Waals surface area contributed by atoms with Crippen molar-refractivity contribution in [3.8, 4) is 17.2 Å². The van der Waals surface area contributed by atoms with Crippen molar-refractivity contribution < 1.29 is 8.42 Å². The summed E-state index contributed by atoms with van der Waals surface area (Å²) in [6.07, 6.45) is 1.42. The van der Waals surface area contributed by atoms with Gasteiger partial charge in [-0.05, 0) is 42.8 Å². The van der Waals surface area contributed by atoms with Gasteiger partial charge in [-0.1, -0.05) is 45.8 Å². The van der Waals surface area contributed by atoms with Crippen LogP contribution in [0.2, 0.25) is 0 Å². The highest BCUT2D eigenvalue weighted by atomic mass is 79.9. The highest BCUT2D eigenvalue weighted by Gasteiger charge is 2.22. The molecule has 0 atom stereocenters. The van der Waals surface area contributed by atoms with Crippen LogP contribution in [0.5, 0.6) is 0 Å². The fraction of sp³-hybridized carbons (Fsp3) is 0.0556. The molecule has 24 heavy (non-hydrogen) atoms. The summed E-state index contributed by atoms with van der Waals surface area (Å²) in [6.45, 7) is 1.89. The predicted octanol–water partition coefficient (Wildman–Crippen LogP) is 4.33. The second-order valence-corrected chi connectivity index (χ2v) is 8.04. The van der Waals surface area contributed by atoms with E-state index in [0.29, 0.717) is 5.56 Å². The van der Waals surface area contributed by atoms with Gasteiger partial charge in [0.2, 0.25) is 0 Å². The molecule has 0 spiro atoms. The Balaban J connectivity index is 2.14. The highest BCUT2D eigenvalue weighted by molar-refractivity contribution is 9.10. The molecular formula is C18H13BrN2O2S. The summed E-state index contributed by atoms with van der Waals surface area (Å²) in [7, 11) is -3.81. The zero-order valence-electron chi connectivity index (χ0n) is 12.8. The van der Waals surface area contributed by atoms with E-state index in [0.717, 1.165) is 19.6 Å².